The molecule has 0 spiro atoms. The molecule has 1 fully saturated rings. The third kappa shape index (κ3) is 4.08. The summed E-state index contributed by atoms with van der Waals surface area (Å²) in [6.07, 6.45) is -4.59. The van der Waals surface area contributed by atoms with Gasteiger partial charge in [-0.15, -0.1) is 0 Å². The number of likely N-dealkylation sites (tertiary alicyclic amines) is 1. The summed E-state index contributed by atoms with van der Waals surface area (Å²) in [6, 6.07) is 6.55. The number of nitrogens with one attached hydrogen (secondary N) is 1. The Labute approximate surface area is 163 Å². The standard InChI is InChI=1S/C20H17F5N2O2/c1-10-6-11(8-12(7-10)20(23,24)25)13-9-27(2)19(29)16(13)18(28)26-15-5-3-4-14(21)17(15)22/h3-8,13,16H,9H2,1-2H3,(H,26,28). The van der Waals surface area contributed by atoms with Crippen LogP contribution in [0.4, 0.5) is 27.6 Å². The number of hydrogen-bond acceptors (Lipinski definition) is 2. The molecule has 0 aromatic heterocycles. The van der Waals surface area contributed by atoms with Crippen LogP contribution in [-0.2, 0) is 15.8 Å². The van der Waals surface area contributed by atoms with Gasteiger partial charge in [-0.1, -0.05) is 17.7 Å². The van der Waals surface area contributed by atoms with Gasteiger partial charge in [0.15, 0.2) is 11.6 Å². The Morgan fingerprint density at radius 3 is 2.52 bits per heavy atom. The van der Waals surface area contributed by atoms with Crippen LogP contribution in [0.15, 0.2) is 36.4 Å². The van der Waals surface area contributed by atoms with Crippen LogP contribution in [0.25, 0.3) is 0 Å². The summed E-state index contributed by atoms with van der Waals surface area (Å²) in [6.45, 7) is 1.50. The summed E-state index contributed by atoms with van der Waals surface area (Å²) >= 11 is 0. The SMILES string of the molecule is Cc1cc(C2CN(C)C(=O)C2C(=O)Nc2cccc(F)c2F)cc(C(F)(F)F)c1. The van der Waals surface area contributed by atoms with Crippen LogP contribution in [0.3, 0.4) is 0 Å². The van der Waals surface area contributed by atoms with Gasteiger partial charge in [0.2, 0.25) is 11.8 Å². The lowest BCUT2D eigenvalue weighted by Gasteiger charge is -2.19. The van der Waals surface area contributed by atoms with Crippen molar-refractivity contribution in [1.29, 1.82) is 0 Å². The van der Waals surface area contributed by atoms with E-state index in [-0.39, 0.29) is 12.1 Å². The maximum absolute atomic E-state index is 13.9. The number of rotatable bonds is 3. The zero-order valence-corrected chi connectivity index (χ0v) is 15.5. The summed E-state index contributed by atoms with van der Waals surface area (Å²) in [7, 11) is 1.42. The fourth-order valence-electron chi connectivity index (χ4n) is 3.49. The predicted octanol–water partition coefficient (Wildman–Crippen LogP) is 4.10. The highest BCUT2D eigenvalue weighted by Gasteiger charge is 2.45. The third-order valence-electron chi connectivity index (χ3n) is 4.86. The van der Waals surface area contributed by atoms with E-state index in [1.807, 2.05) is 0 Å². The van der Waals surface area contributed by atoms with Gasteiger partial charge < -0.3 is 10.2 Å². The largest absolute Gasteiger partial charge is 0.416 e. The van der Waals surface area contributed by atoms with E-state index in [0.29, 0.717) is 5.56 Å². The number of benzene rings is 2. The molecule has 2 aromatic rings. The van der Waals surface area contributed by atoms with Crippen molar-refractivity contribution < 1.29 is 31.5 Å². The van der Waals surface area contributed by atoms with Crippen LogP contribution in [0.5, 0.6) is 0 Å². The molecule has 154 valence electrons. The van der Waals surface area contributed by atoms with Crippen molar-refractivity contribution in [1.82, 2.24) is 4.90 Å². The van der Waals surface area contributed by atoms with Crippen LogP contribution in [-0.4, -0.2) is 30.3 Å². The minimum Gasteiger partial charge on any atom is -0.344 e. The van der Waals surface area contributed by atoms with Crippen molar-refractivity contribution in [3.05, 3.63) is 64.7 Å². The summed E-state index contributed by atoms with van der Waals surface area (Å²) < 4.78 is 66.8. The highest BCUT2D eigenvalue weighted by molar-refractivity contribution is 6.08. The minimum atomic E-state index is -4.59. The van der Waals surface area contributed by atoms with Gasteiger partial charge in [-0.2, -0.15) is 13.2 Å². The molecule has 2 amide bonds. The van der Waals surface area contributed by atoms with E-state index in [1.54, 1.807) is 0 Å². The number of carbonyl (C=O) groups is 2. The molecule has 0 saturated carbocycles. The lowest BCUT2D eigenvalue weighted by Crippen LogP contribution is -2.33. The van der Waals surface area contributed by atoms with Crippen molar-refractivity contribution in [2.75, 3.05) is 18.9 Å². The van der Waals surface area contributed by atoms with E-state index in [0.717, 1.165) is 24.3 Å². The van der Waals surface area contributed by atoms with Crippen LogP contribution in [0.1, 0.15) is 22.6 Å². The Hall–Kier alpha value is -2.97. The number of anilines is 1. The molecule has 2 unspecified atom stereocenters. The smallest absolute Gasteiger partial charge is 0.344 e. The van der Waals surface area contributed by atoms with Gasteiger partial charge in [0.05, 0.1) is 11.3 Å². The Kier molecular flexibility index (Phi) is 5.34. The fourth-order valence-corrected chi connectivity index (χ4v) is 3.49. The molecule has 0 radical (unpaired) electrons. The van der Waals surface area contributed by atoms with Crippen LogP contribution in [0.2, 0.25) is 0 Å². The van der Waals surface area contributed by atoms with Crippen molar-refractivity contribution in [2.24, 2.45) is 5.92 Å². The highest BCUT2D eigenvalue weighted by atomic mass is 19.4. The molecule has 2 atom stereocenters. The molecule has 1 aliphatic rings. The van der Waals surface area contributed by atoms with Gasteiger partial charge in [-0.05, 0) is 36.8 Å². The van der Waals surface area contributed by atoms with E-state index in [4.69, 9.17) is 0 Å². The number of alkyl halides is 3. The van der Waals surface area contributed by atoms with Crippen LogP contribution < -0.4 is 5.32 Å². The summed E-state index contributed by atoms with van der Waals surface area (Å²) in [5.74, 6) is -6.23. The van der Waals surface area contributed by atoms with Gasteiger partial charge in [-0.25, -0.2) is 8.78 Å². The molecule has 0 aliphatic carbocycles. The van der Waals surface area contributed by atoms with E-state index in [1.165, 1.54) is 31.0 Å². The van der Waals surface area contributed by atoms with Crippen molar-refractivity contribution in [3.63, 3.8) is 0 Å². The average molecular weight is 412 g/mol. The molecule has 29 heavy (non-hydrogen) atoms. The van der Waals surface area contributed by atoms with Gasteiger partial charge >= 0.3 is 6.18 Å². The lowest BCUT2D eigenvalue weighted by molar-refractivity contribution is -0.137. The molecule has 1 saturated heterocycles. The minimum absolute atomic E-state index is 0.0172. The molecular formula is C20H17F5N2O2. The van der Waals surface area contributed by atoms with Crippen LogP contribution >= 0.6 is 0 Å². The second-order valence-corrected chi connectivity index (χ2v) is 7.02. The van der Waals surface area contributed by atoms with Gasteiger partial charge in [0.1, 0.15) is 5.92 Å². The quantitative estimate of drug-likeness (QED) is 0.610. The number of aryl methyl sites for hydroxylation is 1. The normalized spacial score (nSPS) is 19.6. The number of nitrogens with zero attached hydrogens (tertiary/aromatic N) is 1. The number of hydrogen-bond donors (Lipinski definition) is 1. The van der Waals surface area contributed by atoms with E-state index >= 15 is 0 Å². The maximum atomic E-state index is 13.9. The second-order valence-electron chi connectivity index (χ2n) is 7.02. The monoisotopic (exact) mass is 412 g/mol. The predicted molar refractivity (Wildman–Crippen MR) is 95.0 cm³/mol. The topological polar surface area (TPSA) is 49.4 Å². The second kappa shape index (κ2) is 7.46. The number of carbonyl (C=O) groups excluding carboxylic acids is 2. The number of amides is 2. The lowest BCUT2D eigenvalue weighted by atomic mass is 9.86. The zero-order chi connectivity index (χ0) is 21.5. The summed E-state index contributed by atoms with van der Waals surface area (Å²) in [5, 5.41) is 2.18. The molecule has 9 heteroatoms. The number of halogens is 5. The molecular weight excluding hydrogens is 395 g/mol. The molecule has 1 heterocycles. The van der Waals surface area contributed by atoms with E-state index in [9.17, 15) is 31.5 Å². The summed E-state index contributed by atoms with van der Waals surface area (Å²) in [5.41, 5.74) is -0.830. The Morgan fingerprint density at radius 1 is 1.17 bits per heavy atom. The first-order valence-corrected chi connectivity index (χ1v) is 8.67. The van der Waals surface area contributed by atoms with Crippen molar-refractivity contribution >= 4 is 17.5 Å². The van der Waals surface area contributed by atoms with Crippen molar-refractivity contribution in [2.45, 2.75) is 19.0 Å². The zero-order valence-electron chi connectivity index (χ0n) is 15.5. The third-order valence-corrected chi connectivity index (χ3v) is 4.86. The highest BCUT2D eigenvalue weighted by Crippen LogP contribution is 2.38. The molecule has 1 aliphatic heterocycles. The Balaban J connectivity index is 1.97. The Morgan fingerprint density at radius 2 is 1.86 bits per heavy atom. The van der Waals surface area contributed by atoms with Gasteiger partial charge in [-0.3, -0.25) is 9.59 Å². The molecule has 0 bridgehead atoms. The summed E-state index contributed by atoms with van der Waals surface area (Å²) in [4.78, 5) is 26.5. The van der Waals surface area contributed by atoms with E-state index in [2.05, 4.69) is 5.32 Å². The first-order chi connectivity index (χ1) is 13.5. The average Bonchev–Trinajstić information content (AvgIpc) is 2.93. The molecule has 4 nitrogen and oxygen atoms in total. The van der Waals surface area contributed by atoms with Crippen molar-refractivity contribution in [3.8, 4) is 0 Å². The van der Waals surface area contributed by atoms with E-state index < -0.39 is 52.7 Å². The molecule has 3 rings (SSSR count). The van der Waals surface area contributed by atoms with Gasteiger partial charge in [0, 0.05) is 19.5 Å². The molecule has 2 aromatic carbocycles. The number of likely N-dealkylation sites (N-methyl/N-ethyl adjacent to an activating group) is 1. The maximum Gasteiger partial charge on any atom is 0.416 e. The van der Waals surface area contributed by atoms with Gasteiger partial charge in [0.25, 0.3) is 0 Å². The molecule has 1 N–H and O–H groups in total. The first-order valence-electron chi connectivity index (χ1n) is 8.67. The Bertz CT molecular complexity index is 974. The first kappa shape index (κ1) is 20.8. The van der Waals surface area contributed by atoms with Crippen LogP contribution in [0, 0.1) is 24.5 Å². The fraction of sp³-hybridized carbons (Fsp3) is 0.300.